The molecule has 1 aliphatic heterocycles. The van der Waals surface area contributed by atoms with Crippen LogP contribution in [0.2, 0.25) is 0 Å². The summed E-state index contributed by atoms with van der Waals surface area (Å²) in [4.78, 5) is 2.33. The van der Waals surface area contributed by atoms with Crippen LogP contribution < -0.4 is 5.73 Å². The molecule has 1 unspecified atom stereocenters. The lowest BCUT2D eigenvalue weighted by Crippen LogP contribution is -2.55. The Hall–Kier alpha value is -0.160. The fourth-order valence-corrected chi connectivity index (χ4v) is 2.14. The fourth-order valence-electron chi connectivity index (χ4n) is 2.14. The quantitative estimate of drug-likeness (QED) is 0.742. The van der Waals surface area contributed by atoms with E-state index >= 15 is 0 Å². The molecule has 0 saturated carbocycles. The molecule has 16 heavy (non-hydrogen) atoms. The van der Waals surface area contributed by atoms with Crippen LogP contribution in [0.25, 0.3) is 0 Å². The van der Waals surface area contributed by atoms with Gasteiger partial charge in [0.1, 0.15) is 0 Å². The summed E-state index contributed by atoms with van der Waals surface area (Å²) in [6, 6.07) is 0. The van der Waals surface area contributed by atoms with Crippen LogP contribution in [-0.2, 0) is 4.74 Å². The number of hydrogen-bond donors (Lipinski definition) is 2. The Morgan fingerprint density at radius 1 is 1.50 bits per heavy atom. The van der Waals surface area contributed by atoms with Gasteiger partial charge < -0.3 is 15.6 Å². The van der Waals surface area contributed by atoms with Gasteiger partial charge in [-0.2, -0.15) is 0 Å². The van der Waals surface area contributed by atoms with E-state index in [4.69, 9.17) is 10.5 Å². The Bertz CT molecular complexity index is 224. The first-order chi connectivity index (χ1) is 7.22. The molecular formula is C12H26N2O2. The molecule has 1 rings (SSSR count). The molecule has 4 nitrogen and oxygen atoms in total. The normalized spacial score (nSPS) is 27.0. The van der Waals surface area contributed by atoms with Gasteiger partial charge in [0.2, 0.25) is 0 Å². The van der Waals surface area contributed by atoms with Crippen molar-refractivity contribution in [3.05, 3.63) is 0 Å². The van der Waals surface area contributed by atoms with E-state index in [0.29, 0.717) is 6.54 Å². The molecule has 1 saturated heterocycles. The smallest absolute Gasteiger partial charge is 0.0831 e. The van der Waals surface area contributed by atoms with E-state index in [9.17, 15) is 5.11 Å². The van der Waals surface area contributed by atoms with Crippen molar-refractivity contribution in [1.29, 1.82) is 0 Å². The summed E-state index contributed by atoms with van der Waals surface area (Å²) in [5, 5.41) is 9.72. The Kier molecular flexibility index (Phi) is 4.35. The number of rotatable bonds is 4. The number of nitrogens with zero attached hydrogens (tertiary/aromatic N) is 1. The first kappa shape index (κ1) is 13.9. The van der Waals surface area contributed by atoms with E-state index in [2.05, 4.69) is 18.7 Å². The Balaban J connectivity index is 2.47. The molecule has 3 N–H and O–H groups in total. The van der Waals surface area contributed by atoms with Crippen LogP contribution in [0.3, 0.4) is 0 Å². The molecule has 0 aromatic carbocycles. The van der Waals surface area contributed by atoms with E-state index in [1.54, 1.807) is 0 Å². The molecule has 1 fully saturated rings. The molecule has 0 aromatic heterocycles. The molecule has 1 atom stereocenters. The predicted octanol–water partition coefficient (Wildman–Crippen LogP) is 0.586. The fraction of sp³-hybridized carbons (Fsp3) is 1.00. The molecule has 4 heteroatoms. The van der Waals surface area contributed by atoms with Gasteiger partial charge in [-0.3, -0.25) is 4.90 Å². The average molecular weight is 230 g/mol. The topological polar surface area (TPSA) is 58.7 Å². The zero-order valence-electron chi connectivity index (χ0n) is 11.0. The van der Waals surface area contributed by atoms with Crippen molar-refractivity contribution in [3.63, 3.8) is 0 Å². The summed E-state index contributed by atoms with van der Waals surface area (Å²) < 4.78 is 5.86. The van der Waals surface area contributed by atoms with Gasteiger partial charge in [-0.25, -0.2) is 0 Å². The van der Waals surface area contributed by atoms with Gasteiger partial charge in [0, 0.05) is 26.2 Å². The Labute approximate surface area is 98.8 Å². The highest BCUT2D eigenvalue weighted by atomic mass is 16.5. The molecule has 0 aliphatic carbocycles. The molecule has 0 aromatic rings. The van der Waals surface area contributed by atoms with E-state index in [1.807, 2.05) is 13.8 Å². The van der Waals surface area contributed by atoms with Crippen LogP contribution >= 0.6 is 0 Å². The van der Waals surface area contributed by atoms with Gasteiger partial charge in [0.15, 0.2) is 0 Å². The van der Waals surface area contributed by atoms with Crippen LogP contribution in [0.5, 0.6) is 0 Å². The summed E-state index contributed by atoms with van der Waals surface area (Å²) >= 11 is 0. The van der Waals surface area contributed by atoms with Crippen LogP contribution in [0.15, 0.2) is 0 Å². The van der Waals surface area contributed by atoms with Crippen LogP contribution in [0.4, 0.5) is 0 Å². The monoisotopic (exact) mass is 230 g/mol. The summed E-state index contributed by atoms with van der Waals surface area (Å²) in [5.41, 5.74) is 4.93. The third-order valence-electron chi connectivity index (χ3n) is 2.85. The molecule has 1 aliphatic rings. The van der Waals surface area contributed by atoms with Gasteiger partial charge in [-0.1, -0.05) is 0 Å². The largest absolute Gasteiger partial charge is 0.390 e. The maximum absolute atomic E-state index is 9.72. The number of ether oxygens (including phenoxy) is 1. The number of hydrogen-bond acceptors (Lipinski definition) is 4. The van der Waals surface area contributed by atoms with Crippen molar-refractivity contribution < 1.29 is 9.84 Å². The second-order valence-electron chi connectivity index (χ2n) is 6.03. The predicted molar refractivity (Wildman–Crippen MR) is 65.4 cm³/mol. The van der Waals surface area contributed by atoms with Gasteiger partial charge >= 0.3 is 0 Å². The zero-order chi connectivity index (χ0) is 12.4. The van der Waals surface area contributed by atoms with Gasteiger partial charge in [-0.05, 0) is 34.1 Å². The van der Waals surface area contributed by atoms with Crippen LogP contribution in [-0.4, -0.2) is 53.5 Å². The molecular weight excluding hydrogens is 204 g/mol. The van der Waals surface area contributed by atoms with Crippen molar-refractivity contribution in [2.24, 2.45) is 5.73 Å². The molecule has 0 radical (unpaired) electrons. The van der Waals surface area contributed by atoms with Crippen molar-refractivity contribution in [2.45, 2.75) is 51.4 Å². The number of aliphatic hydroxyl groups is 1. The van der Waals surface area contributed by atoms with Crippen LogP contribution in [0, 0.1) is 0 Å². The second-order valence-corrected chi connectivity index (χ2v) is 6.03. The van der Waals surface area contributed by atoms with Crippen LogP contribution in [0.1, 0.15) is 34.1 Å². The minimum Gasteiger partial charge on any atom is -0.390 e. The van der Waals surface area contributed by atoms with Gasteiger partial charge in [-0.15, -0.1) is 0 Å². The average Bonchev–Trinajstić information content (AvgIpc) is 2.11. The third kappa shape index (κ3) is 4.78. The SMILES string of the molecule is CC(C)(O)CCN1CC(CN)OC(C)(C)C1. The molecule has 0 bridgehead atoms. The Morgan fingerprint density at radius 2 is 2.12 bits per heavy atom. The number of nitrogens with two attached hydrogens (primary N) is 1. The van der Waals surface area contributed by atoms with Crippen molar-refractivity contribution in [1.82, 2.24) is 4.90 Å². The van der Waals surface area contributed by atoms with E-state index in [0.717, 1.165) is 26.1 Å². The van der Waals surface area contributed by atoms with E-state index < -0.39 is 5.60 Å². The molecule has 96 valence electrons. The number of morpholine rings is 1. The molecule has 1 heterocycles. The van der Waals surface area contributed by atoms with Gasteiger partial charge in [0.25, 0.3) is 0 Å². The van der Waals surface area contributed by atoms with E-state index in [-0.39, 0.29) is 11.7 Å². The lowest BCUT2D eigenvalue weighted by molar-refractivity contribution is -0.134. The van der Waals surface area contributed by atoms with Gasteiger partial charge in [0.05, 0.1) is 17.3 Å². The molecule has 0 spiro atoms. The minimum absolute atomic E-state index is 0.116. The second kappa shape index (κ2) is 5.00. The highest BCUT2D eigenvalue weighted by Gasteiger charge is 2.32. The van der Waals surface area contributed by atoms with Crippen molar-refractivity contribution in [3.8, 4) is 0 Å². The lowest BCUT2D eigenvalue weighted by Gasteiger charge is -2.43. The molecule has 0 amide bonds. The first-order valence-corrected chi connectivity index (χ1v) is 6.04. The maximum atomic E-state index is 9.72. The minimum atomic E-state index is -0.597. The third-order valence-corrected chi connectivity index (χ3v) is 2.85. The zero-order valence-corrected chi connectivity index (χ0v) is 11.0. The lowest BCUT2D eigenvalue weighted by atomic mass is 10.0. The van der Waals surface area contributed by atoms with Crippen molar-refractivity contribution in [2.75, 3.05) is 26.2 Å². The van der Waals surface area contributed by atoms with Crippen molar-refractivity contribution >= 4 is 0 Å². The highest BCUT2D eigenvalue weighted by molar-refractivity contribution is 4.85. The Morgan fingerprint density at radius 3 is 2.62 bits per heavy atom. The maximum Gasteiger partial charge on any atom is 0.0831 e. The standard InChI is InChI=1S/C12H26N2O2/c1-11(2,15)5-6-14-8-10(7-13)16-12(3,4)9-14/h10,15H,5-9,13H2,1-4H3. The summed E-state index contributed by atoms with van der Waals surface area (Å²) in [6.45, 7) is 11.1. The summed E-state index contributed by atoms with van der Waals surface area (Å²) in [6.07, 6.45) is 0.894. The summed E-state index contributed by atoms with van der Waals surface area (Å²) in [5.74, 6) is 0. The highest BCUT2D eigenvalue weighted by Crippen LogP contribution is 2.21. The van der Waals surface area contributed by atoms with E-state index in [1.165, 1.54) is 0 Å². The first-order valence-electron chi connectivity index (χ1n) is 6.04. The summed E-state index contributed by atoms with van der Waals surface area (Å²) in [7, 11) is 0.